The van der Waals surface area contributed by atoms with Gasteiger partial charge in [0, 0.05) is 12.1 Å². The van der Waals surface area contributed by atoms with Gasteiger partial charge in [-0.2, -0.15) is 0 Å². The number of amides is 1. The first-order valence-corrected chi connectivity index (χ1v) is 6.58. The Bertz CT molecular complexity index is 589. The van der Waals surface area contributed by atoms with Gasteiger partial charge >= 0.3 is 0 Å². The topological polar surface area (TPSA) is 20.3 Å². The molecule has 0 aliphatic heterocycles. The summed E-state index contributed by atoms with van der Waals surface area (Å²) in [6, 6.07) is 16.0. The molecule has 2 heteroatoms. The minimum atomic E-state index is 0.111. The second-order valence-electron chi connectivity index (χ2n) is 4.71. The SMILES string of the molecule is CCC(=O)N(c1cccc(C)c1)c1ccccc1C. The van der Waals surface area contributed by atoms with Crippen molar-refractivity contribution in [2.24, 2.45) is 0 Å². The first-order valence-electron chi connectivity index (χ1n) is 6.58. The number of benzene rings is 2. The van der Waals surface area contributed by atoms with E-state index in [4.69, 9.17) is 0 Å². The second kappa shape index (κ2) is 5.70. The minimum absolute atomic E-state index is 0.111. The smallest absolute Gasteiger partial charge is 0.231 e. The van der Waals surface area contributed by atoms with Crippen molar-refractivity contribution in [1.29, 1.82) is 0 Å². The number of nitrogens with zero attached hydrogens (tertiary/aromatic N) is 1. The number of hydrogen-bond acceptors (Lipinski definition) is 1. The standard InChI is InChI=1S/C17H19NO/c1-4-17(19)18(15-10-7-8-13(2)12-15)16-11-6-5-9-14(16)3/h5-12H,4H2,1-3H3. The fourth-order valence-corrected chi connectivity index (χ4v) is 2.16. The molecule has 0 bridgehead atoms. The van der Waals surface area contributed by atoms with E-state index in [0.717, 1.165) is 22.5 Å². The maximum atomic E-state index is 12.3. The monoisotopic (exact) mass is 253 g/mol. The number of aryl methyl sites for hydroxylation is 2. The van der Waals surface area contributed by atoms with Crippen LogP contribution in [0.4, 0.5) is 11.4 Å². The molecule has 0 aromatic heterocycles. The third-order valence-electron chi connectivity index (χ3n) is 3.17. The fourth-order valence-electron chi connectivity index (χ4n) is 2.16. The maximum Gasteiger partial charge on any atom is 0.231 e. The third-order valence-corrected chi connectivity index (χ3v) is 3.17. The van der Waals surface area contributed by atoms with Gasteiger partial charge < -0.3 is 0 Å². The van der Waals surface area contributed by atoms with Crippen LogP contribution in [-0.2, 0) is 4.79 Å². The number of para-hydroxylation sites is 1. The van der Waals surface area contributed by atoms with Gasteiger partial charge in [0.05, 0.1) is 5.69 Å². The van der Waals surface area contributed by atoms with Crippen LogP contribution in [0.15, 0.2) is 48.5 Å². The van der Waals surface area contributed by atoms with Crippen molar-refractivity contribution in [3.63, 3.8) is 0 Å². The molecule has 0 heterocycles. The summed E-state index contributed by atoms with van der Waals surface area (Å²) < 4.78 is 0. The summed E-state index contributed by atoms with van der Waals surface area (Å²) in [6.45, 7) is 5.96. The van der Waals surface area contributed by atoms with Crippen LogP contribution in [0.2, 0.25) is 0 Å². The quantitative estimate of drug-likeness (QED) is 0.795. The van der Waals surface area contributed by atoms with E-state index in [0.29, 0.717) is 6.42 Å². The predicted molar refractivity (Wildman–Crippen MR) is 79.8 cm³/mol. The summed E-state index contributed by atoms with van der Waals surface area (Å²) in [6.07, 6.45) is 0.488. The van der Waals surface area contributed by atoms with Crippen LogP contribution >= 0.6 is 0 Å². The zero-order chi connectivity index (χ0) is 13.8. The Kier molecular flexibility index (Phi) is 4.00. The molecule has 2 nitrogen and oxygen atoms in total. The summed E-state index contributed by atoms with van der Waals surface area (Å²) in [5.41, 5.74) is 4.15. The van der Waals surface area contributed by atoms with E-state index >= 15 is 0 Å². The Morgan fingerprint density at radius 1 is 1.05 bits per heavy atom. The number of carbonyl (C=O) groups excluding carboxylic acids is 1. The molecule has 0 aliphatic carbocycles. The Morgan fingerprint density at radius 3 is 2.42 bits per heavy atom. The Balaban J connectivity index is 2.54. The molecule has 1 amide bonds. The Hall–Kier alpha value is -2.09. The van der Waals surface area contributed by atoms with Crippen molar-refractivity contribution >= 4 is 17.3 Å². The molecule has 2 rings (SSSR count). The summed E-state index contributed by atoms with van der Waals surface area (Å²) in [5.74, 6) is 0.111. The molecule has 0 saturated heterocycles. The van der Waals surface area contributed by atoms with Crippen molar-refractivity contribution in [2.75, 3.05) is 4.90 Å². The van der Waals surface area contributed by atoms with Gasteiger partial charge in [0.15, 0.2) is 0 Å². The van der Waals surface area contributed by atoms with E-state index in [2.05, 4.69) is 0 Å². The van der Waals surface area contributed by atoms with Gasteiger partial charge in [0.25, 0.3) is 0 Å². The third kappa shape index (κ3) is 2.84. The van der Waals surface area contributed by atoms with E-state index in [1.165, 1.54) is 0 Å². The van der Waals surface area contributed by atoms with Crippen LogP contribution in [0.25, 0.3) is 0 Å². The normalized spacial score (nSPS) is 10.3. The van der Waals surface area contributed by atoms with E-state index < -0.39 is 0 Å². The highest BCUT2D eigenvalue weighted by molar-refractivity contribution is 6.01. The lowest BCUT2D eigenvalue weighted by atomic mass is 10.1. The van der Waals surface area contributed by atoms with Crippen LogP contribution in [0.5, 0.6) is 0 Å². The van der Waals surface area contributed by atoms with E-state index in [-0.39, 0.29) is 5.91 Å². The fraction of sp³-hybridized carbons (Fsp3) is 0.235. The summed E-state index contributed by atoms with van der Waals surface area (Å²) in [7, 11) is 0. The summed E-state index contributed by atoms with van der Waals surface area (Å²) in [5, 5.41) is 0. The average molecular weight is 253 g/mol. The molecule has 2 aromatic rings. The van der Waals surface area contributed by atoms with Crippen LogP contribution < -0.4 is 4.90 Å². The number of carbonyl (C=O) groups is 1. The lowest BCUT2D eigenvalue weighted by molar-refractivity contribution is -0.117. The molecule has 0 aliphatic rings. The van der Waals surface area contributed by atoms with Crippen LogP contribution in [0.1, 0.15) is 24.5 Å². The molecule has 0 fully saturated rings. The van der Waals surface area contributed by atoms with Crippen molar-refractivity contribution in [3.05, 3.63) is 59.7 Å². The Morgan fingerprint density at radius 2 is 1.79 bits per heavy atom. The van der Waals surface area contributed by atoms with Gasteiger partial charge in [-0.1, -0.05) is 37.3 Å². The van der Waals surface area contributed by atoms with Gasteiger partial charge in [-0.05, 0) is 43.2 Å². The summed E-state index contributed by atoms with van der Waals surface area (Å²) in [4.78, 5) is 14.1. The Labute approximate surface area is 114 Å². The molecule has 2 aromatic carbocycles. The molecule has 0 saturated carbocycles. The number of rotatable bonds is 3. The molecule has 19 heavy (non-hydrogen) atoms. The van der Waals surface area contributed by atoms with Crippen LogP contribution in [0.3, 0.4) is 0 Å². The van der Waals surface area contributed by atoms with Gasteiger partial charge in [0.1, 0.15) is 0 Å². The zero-order valence-electron chi connectivity index (χ0n) is 11.7. The van der Waals surface area contributed by atoms with E-state index in [1.54, 1.807) is 0 Å². The zero-order valence-corrected chi connectivity index (χ0v) is 11.7. The number of anilines is 2. The van der Waals surface area contributed by atoms with Crippen molar-refractivity contribution in [3.8, 4) is 0 Å². The second-order valence-corrected chi connectivity index (χ2v) is 4.71. The van der Waals surface area contributed by atoms with Gasteiger partial charge in [-0.15, -0.1) is 0 Å². The first kappa shape index (κ1) is 13.3. The molecule has 0 unspecified atom stereocenters. The molecule has 0 spiro atoms. The molecule has 0 radical (unpaired) electrons. The van der Waals surface area contributed by atoms with E-state index in [9.17, 15) is 4.79 Å². The lowest BCUT2D eigenvalue weighted by Gasteiger charge is -2.24. The molecule has 98 valence electrons. The van der Waals surface area contributed by atoms with Gasteiger partial charge in [-0.25, -0.2) is 0 Å². The first-order chi connectivity index (χ1) is 9.13. The predicted octanol–water partition coefficient (Wildman–Crippen LogP) is 4.38. The van der Waals surface area contributed by atoms with Crippen molar-refractivity contribution in [2.45, 2.75) is 27.2 Å². The molecule has 0 N–H and O–H groups in total. The minimum Gasteiger partial charge on any atom is -0.281 e. The van der Waals surface area contributed by atoms with E-state index in [1.807, 2.05) is 74.2 Å². The van der Waals surface area contributed by atoms with Gasteiger partial charge in [-0.3, -0.25) is 9.69 Å². The van der Waals surface area contributed by atoms with Crippen LogP contribution in [0, 0.1) is 13.8 Å². The molecular weight excluding hydrogens is 234 g/mol. The highest BCUT2D eigenvalue weighted by atomic mass is 16.2. The van der Waals surface area contributed by atoms with Gasteiger partial charge in [0.2, 0.25) is 5.91 Å². The molecule has 0 atom stereocenters. The van der Waals surface area contributed by atoms with Crippen molar-refractivity contribution < 1.29 is 4.79 Å². The average Bonchev–Trinajstić information content (AvgIpc) is 2.41. The lowest BCUT2D eigenvalue weighted by Crippen LogP contribution is -2.25. The highest BCUT2D eigenvalue weighted by Crippen LogP contribution is 2.29. The van der Waals surface area contributed by atoms with Crippen molar-refractivity contribution in [1.82, 2.24) is 0 Å². The largest absolute Gasteiger partial charge is 0.281 e. The number of hydrogen-bond donors (Lipinski definition) is 0. The highest BCUT2D eigenvalue weighted by Gasteiger charge is 2.17. The molecular formula is C17H19NO. The maximum absolute atomic E-state index is 12.3. The summed E-state index contributed by atoms with van der Waals surface area (Å²) >= 11 is 0. The van der Waals surface area contributed by atoms with Crippen LogP contribution in [-0.4, -0.2) is 5.91 Å².